The Labute approximate surface area is 211 Å². The van der Waals surface area contributed by atoms with Gasteiger partial charge in [-0.15, -0.1) is 12.4 Å². The number of ether oxygens (including phenoxy) is 3. The maximum absolute atomic E-state index is 13.1. The summed E-state index contributed by atoms with van der Waals surface area (Å²) in [5.74, 6) is 0.635. The molecular formula is C23H32ClN3O7S. The molecule has 10 nitrogen and oxygen atoms in total. The molecule has 2 N–H and O–H groups in total. The van der Waals surface area contributed by atoms with Crippen LogP contribution in [0.25, 0.3) is 0 Å². The molecule has 1 heterocycles. The van der Waals surface area contributed by atoms with Crippen molar-refractivity contribution in [3.8, 4) is 11.5 Å². The number of hydroxylamine groups is 1. The quantitative estimate of drug-likeness (QED) is 0.446. The van der Waals surface area contributed by atoms with Crippen LogP contribution in [0.15, 0.2) is 46.5 Å². The van der Waals surface area contributed by atoms with Gasteiger partial charge in [0.15, 0.2) is 16.5 Å². The van der Waals surface area contributed by atoms with Crippen LogP contribution in [-0.2, 0) is 25.9 Å². The first-order chi connectivity index (χ1) is 16.3. The van der Waals surface area contributed by atoms with Crippen molar-refractivity contribution >= 4 is 28.2 Å². The third kappa shape index (κ3) is 7.52. The Morgan fingerprint density at radius 2 is 1.77 bits per heavy atom. The van der Waals surface area contributed by atoms with Crippen LogP contribution in [0.2, 0.25) is 0 Å². The smallest absolute Gasteiger partial charge is 0.236 e. The van der Waals surface area contributed by atoms with Crippen molar-refractivity contribution in [1.82, 2.24) is 15.6 Å². The van der Waals surface area contributed by atoms with Crippen molar-refractivity contribution in [2.24, 2.45) is 5.92 Å². The number of benzene rings is 1. The van der Waals surface area contributed by atoms with Gasteiger partial charge in [-0.2, -0.15) is 0 Å². The minimum absolute atomic E-state index is 0. The molecule has 12 heteroatoms. The van der Waals surface area contributed by atoms with Crippen LogP contribution in [-0.4, -0.2) is 57.1 Å². The number of sulfone groups is 1. The van der Waals surface area contributed by atoms with Gasteiger partial charge in [-0.05, 0) is 61.4 Å². The maximum atomic E-state index is 13.1. The molecule has 0 unspecified atom stereocenters. The first-order valence-electron chi connectivity index (χ1n) is 11.0. The summed E-state index contributed by atoms with van der Waals surface area (Å²) in [6.45, 7) is -0.112. The number of nitrogens with one attached hydrogen (secondary N) is 1. The standard InChI is InChI=1S/C23H31N3O7S.ClH/c1-31-18-6-4-16(5-7-18)12-22(27)25-26(28)15-17-10-11-24-23(13-17)34(29,30)19-8-9-20(32-2)21(14-19)33-3;/h8-11,13-14,16,18,28H,4-7,12,15H2,1-3H3,(H,25,27);1H. The fraction of sp³-hybridized carbons (Fsp3) is 0.478. The van der Waals surface area contributed by atoms with Gasteiger partial charge < -0.3 is 14.2 Å². The van der Waals surface area contributed by atoms with Crippen LogP contribution >= 0.6 is 12.4 Å². The molecule has 0 spiro atoms. The number of pyridine rings is 1. The minimum atomic E-state index is -3.95. The van der Waals surface area contributed by atoms with Crippen LogP contribution in [0.5, 0.6) is 11.5 Å². The molecule has 194 valence electrons. The lowest BCUT2D eigenvalue weighted by Crippen LogP contribution is -2.40. The molecule has 1 amide bonds. The Morgan fingerprint density at radius 1 is 1.09 bits per heavy atom. The molecule has 1 aromatic carbocycles. The second kappa shape index (κ2) is 13.0. The van der Waals surface area contributed by atoms with Crippen LogP contribution in [0, 0.1) is 5.92 Å². The number of halogens is 1. The van der Waals surface area contributed by atoms with Gasteiger partial charge in [-0.25, -0.2) is 13.4 Å². The fourth-order valence-corrected chi connectivity index (χ4v) is 5.29. The lowest BCUT2D eigenvalue weighted by Gasteiger charge is -2.27. The lowest BCUT2D eigenvalue weighted by molar-refractivity contribution is -0.166. The molecule has 0 atom stereocenters. The highest BCUT2D eigenvalue weighted by Crippen LogP contribution is 2.32. The van der Waals surface area contributed by atoms with E-state index in [1.54, 1.807) is 13.2 Å². The highest BCUT2D eigenvalue weighted by atomic mass is 35.5. The summed E-state index contributed by atoms with van der Waals surface area (Å²) in [6.07, 6.45) is 5.55. The number of methoxy groups -OCH3 is 3. The van der Waals surface area contributed by atoms with Crippen molar-refractivity contribution in [3.63, 3.8) is 0 Å². The molecule has 0 bridgehead atoms. The van der Waals surface area contributed by atoms with Crippen LogP contribution < -0.4 is 14.9 Å². The SMILES string of the molecule is COc1ccc(S(=O)(=O)c2cc(CN(O)NC(=O)CC3CCC(OC)CC3)ccn2)cc1OC.Cl. The van der Waals surface area contributed by atoms with E-state index in [1.807, 2.05) is 0 Å². The number of hydrogen-bond donors (Lipinski definition) is 2. The van der Waals surface area contributed by atoms with Gasteiger partial charge in [0.05, 0.1) is 31.8 Å². The molecule has 1 saturated carbocycles. The molecule has 0 aliphatic heterocycles. The third-order valence-corrected chi connectivity index (χ3v) is 7.58. The Kier molecular flexibility index (Phi) is 10.7. The maximum Gasteiger partial charge on any atom is 0.236 e. The van der Waals surface area contributed by atoms with Gasteiger partial charge in [0.25, 0.3) is 0 Å². The number of amides is 1. The number of aromatic nitrogens is 1. The predicted molar refractivity (Wildman–Crippen MR) is 129 cm³/mol. The average Bonchev–Trinajstić information content (AvgIpc) is 2.84. The van der Waals surface area contributed by atoms with E-state index in [9.17, 15) is 18.4 Å². The number of hydrazine groups is 1. The Hall–Kier alpha value is -2.44. The normalized spacial score (nSPS) is 18.0. The summed E-state index contributed by atoms with van der Waals surface area (Å²) in [4.78, 5) is 16.3. The zero-order valence-corrected chi connectivity index (χ0v) is 21.6. The number of carbonyl (C=O) groups excluding carboxylic acids is 1. The first kappa shape index (κ1) is 28.8. The van der Waals surface area contributed by atoms with Crippen molar-refractivity contribution < 1.29 is 32.6 Å². The van der Waals surface area contributed by atoms with E-state index in [1.165, 1.54) is 44.7 Å². The lowest BCUT2D eigenvalue weighted by atomic mass is 9.85. The summed E-state index contributed by atoms with van der Waals surface area (Å²) in [5, 5.41) is 10.7. The highest BCUT2D eigenvalue weighted by Gasteiger charge is 2.24. The topological polar surface area (TPSA) is 127 Å². The highest BCUT2D eigenvalue weighted by molar-refractivity contribution is 7.91. The first-order valence-corrected chi connectivity index (χ1v) is 12.5. The van der Waals surface area contributed by atoms with E-state index < -0.39 is 9.84 Å². The third-order valence-electron chi connectivity index (χ3n) is 5.93. The van der Waals surface area contributed by atoms with Gasteiger partial charge in [0.2, 0.25) is 15.7 Å². The summed E-state index contributed by atoms with van der Waals surface area (Å²) >= 11 is 0. The van der Waals surface area contributed by atoms with Gasteiger partial charge in [0, 0.05) is 25.8 Å². The number of hydrogen-bond acceptors (Lipinski definition) is 9. The largest absolute Gasteiger partial charge is 0.493 e. The minimum Gasteiger partial charge on any atom is -0.493 e. The van der Waals surface area contributed by atoms with Crippen molar-refractivity contribution in [1.29, 1.82) is 0 Å². The van der Waals surface area contributed by atoms with Gasteiger partial charge in [0.1, 0.15) is 0 Å². The zero-order chi connectivity index (χ0) is 24.7. The molecule has 1 aromatic heterocycles. The molecule has 0 radical (unpaired) electrons. The average molecular weight is 530 g/mol. The van der Waals surface area contributed by atoms with E-state index in [-0.39, 0.29) is 52.6 Å². The van der Waals surface area contributed by atoms with E-state index in [0.29, 0.717) is 22.9 Å². The van der Waals surface area contributed by atoms with Crippen molar-refractivity contribution in [2.45, 2.75) is 54.7 Å². The van der Waals surface area contributed by atoms with Gasteiger partial charge >= 0.3 is 0 Å². The number of rotatable bonds is 10. The van der Waals surface area contributed by atoms with E-state index in [2.05, 4.69) is 10.4 Å². The molecule has 1 fully saturated rings. The Morgan fingerprint density at radius 3 is 2.40 bits per heavy atom. The molecule has 1 aliphatic carbocycles. The van der Waals surface area contributed by atoms with Crippen molar-refractivity contribution in [2.75, 3.05) is 21.3 Å². The van der Waals surface area contributed by atoms with E-state index >= 15 is 0 Å². The predicted octanol–water partition coefficient (Wildman–Crippen LogP) is 3.17. The molecule has 2 aromatic rings. The molecule has 35 heavy (non-hydrogen) atoms. The molecule has 3 rings (SSSR count). The molecule has 0 saturated heterocycles. The van der Waals surface area contributed by atoms with Crippen LogP contribution in [0.3, 0.4) is 0 Å². The molecule has 1 aliphatic rings. The summed E-state index contributed by atoms with van der Waals surface area (Å²) < 4.78 is 41.8. The second-order valence-corrected chi connectivity index (χ2v) is 10.1. The molecular weight excluding hydrogens is 498 g/mol. The number of nitrogens with zero attached hydrogens (tertiary/aromatic N) is 2. The Bertz CT molecular complexity index is 1090. The summed E-state index contributed by atoms with van der Waals surface area (Å²) in [5.41, 5.74) is 2.89. The van der Waals surface area contributed by atoms with Gasteiger partial charge in [-0.3, -0.25) is 15.4 Å². The van der Waals surface area contributed by atoms with Gasteiger partial charge in [-0.1, -0.05) is 5.17 Å². The second-order valence-electron chi connectivity index (χ2n) is 8.20. The number of carbonyl (C=O) groups is 1. The monoisotopic (exact) mass is 529 g/mol. The summed E-state index contributed by atoms with van der Waals surface area (Å²) in [6, 6.07) is 7.19. The van der Waals surface area contributed by atoms with E-state index in [4.69, 9.17) is 14.2 Å². The van der Waals surface area contributed by atoms with Crippen LogP contribution in [0.1, 0.15) is 37.7 Å². The fourth-order valence-electron chi connectivity index (χ4n) is 4.04. The van der Waals surface area contributed by atoms with Crippen LogP contribution in [0.4, 0.5) is 0 Å². The van der Waals surface area contributed by atoms with E-state index in [0.717, 1.165) is 25.7 Å². The summed E-state index contributed by atoms with van der Waals surface area (Å²) in [7, 11) is 0.630. The zero-order valence-electron chi connectivity index (χ0n) is 20.0. The Balaban J connectivity index is 0.00000432. The van der Waals surface area contributed by atoms with Crippen molar-refractivity contribution in [3.05, 3.63) is 42.1 Å².